The number of amides is 1. The minimum absolute atomic E-state index is 0.0990. The van der Waals surface area contributed by atoms with E-state index in [0.717, 1.165) is 6.42 Å². The number of hydrogen-bond acceptors (Lipinski definition) is 4. The molecule has 0 aliphatic rings. The standard InChI is InChI=1S/C15H17N3O3/c1-2-8-16-14(19)9-17-13-7-6-10-11(15(20)21)4-3-5-12(10)18-13/h3-7H,2,8-9H2,1H3,(H,16,19)(H,17,18)(H,20,21). The van der Waals surface area contributed by atoms with E-state index in [1.165, 1.54) is 6.07 Å². The summed E-state index contributed by atoms with van der Waals surface area (Å²) in [5, 5.41) is 15.4. The zero-order valence-electron chi connectivity index (χ0n) is 11.7. The van der Waals surface area contributed by atoms with E-state index in [9.17, 15) is 9.59 Å². The maximum atomic E-state index is 11.5. The molecule has 0 bridgehead atoms. The fourth-order valence-electron chi connectivity index (χ4n) is 1.94. The number of carboxylic acid groups (broad SMARTS) is 1. The van der Waals surface area contributed by atoms with E-state index in [4.69, 9.17) is 5.11 Å². The first kappa shape index (κ1) is 14.8. The van der Waals surface area contributed by atoms with E-state index >= 15 is 0 Å². The summed E-state index contributed by atoms with van der Waals surface area (Å²) in [7, 11) is 0. The molecule has 0 radical (unpaired) electrons. The molecule has 0 unspecified atom stereocenters. The Hall–Kier alpha value is -2.63. The van der Waals surface area contributed by atoms with E-state index in [2.05, 4.69) is 15.6 Å². The van der Waals surface area contributed by atoms with Crippen molar-refractivity contribution in [1.82, 2.24) is 10.3 Å². The lowest BCUT2D eigenvalue weighted by Crippen LogP contribution is -2.30. The molecule has 0 spiro atoms. The van der Waals surface area contributed by atoms with Gasteiger partial charge in [0, 0.05) is 11.9 Å². The number of aromatic nitrogens is 1. The highest BCUT2D eigenvalue weighted by Crippen LogP contribution is 2.19. The summed E-state index contributed by atoms with van der Waals surface area (Å²) in [5.41, 5.74) is 0.793. The zero-order chi connectivity index (χ0) is 15.2. The summed E-state index contributed by atoms with van der Waals surface area (Å²) in [6.45, 7) is 2.77. The normalized spacial score (nSPS) is 10.3. The van der Waals surface area contributed by atoms with Crippen LogP contribution in [0.25, 0.3) is 10.9 Å². The van der Waals surface area contributed by atoms with Crippen molar-refractivity contribution in [2.24, 2.45) is 0 Å². The molecule has 0 fully saturated rings. The Morgan fingerprint density at radius 2 is 2.05 bits per heavy atom. The second kappa shape index (κ2) is 6.69. The molecule has 2 rings (SSSR count). The van der Waals surface area contributed by atoms with Gasteiger partial charge in [-0.2, -0.15) is 0 Å². The van der Waals surface area contributed by atoms with Crippen molar-refractivity contribution in [2.45, 2.75) is 13.3 Å². The number of carbonyl (C=O) groups excluding carboxylic acids is 1. The predicted octanol–water partition coefficient (Wildman–Crippen LogP) is 1.87. The molecule has 1 aromatic heterocycles. The van der Waals surface area contributed by atoms with Crippen LogP contribution in [0.4, 0.5) is 5.82 Å². The fourth-order valence-corrected chi connectivity index (χ4v) is 1.94. The van der Waals surface area contributed by atoms with Crippen LogP contribution in [-0.2, 0) is 4.79 Å². The van der Waals surface area contributed by atoms with Crippen molar-refractivity contribution in [3.05, 3.63) is 35.9 Å². The molecule has 6 heteroatoms. The molecule has 0 aliphatic carbocycles. The van der Waals surface area contributed by atoms with Crippen LogP contribution in [0.15, 0.2) is 30.3 Å². The fraction of sp³-hybridized carbons (Fsp3) is 0.267. The molecular weight excluding hydrogens is 270 g/mol. The molecule has 0 saturated carbocycles. The van der Waals surface area contributed by atoms with Gasteiger partial charge >= 0.3 is 5.97 Å². The number of benzene rings is 1. The Balaban J connectivity index is 2.13. The first-order valence-corrected chi connectivity index (χ1v) is 6.75. The van der Waals surface area contributed by atoms with Gasteiger partial charge in [0.15, 0.2) is 0 Å². The topological polar surface area (TPSA) is 91.3 Å². The van der Waals surface area contributed by atoms with Crippen molar-refractivity contribution >= 4 is 28.6 Å². The third-order valence-electron chi connectivity index (χ3n) is 2.96. The number of fused-ring (bicyclic) bond motifs is 1. The van der Waals surface area contributed by atoms with Crippen LogP contribution in [0, 0.1) is 0 Å². The summed E-state index contributed by atoms with van der Waals surface area (Å²) in [6.07, 6.45) is 0.887. The Kier molecular flexibility index (Phi) is 4.71. The van der Waals surface area contributed by atoms with Crippen molar-refractivity contribution in [2.75, 3.05) is 18.4 Å². The van der Waals surface area contributed by atoms with Gasteiger partial charge in [0.05, 0.1) is 17.6 Å². The van der Waals surface area contributed by atoms with Crippen molar-refractivity contribution < 1.29 is 14.7 Å². The van der Waals surface area contributed by atoms with Crippen LogP contribution in [0.1, 0.15) is 23.7 Å². The Morgan fingerprint density at radius 3 is 2.76 bits per heavy atom. The van der Waals surface area contributed by atoms with Gasteiger partial charge in [-0.05, 0) is 30.7 Å². The molecule has 1 aromatic carbocycles. The average molecular weight is 287 g/mol. The maximum Gasteiger partial charge on any atom is 0.336 e. The number of rotatable bonds is 6. The maximum absolute atomic E-state index is 11.5. The lowest BCUT2D eigenvalue weighted by molar-refractivity contribution is -0.119. The molecule has 21 heavy (non-hydrogen) atoms. The molecule has 1 amide bonds. The number of carbonyl (C=O) groups is 2. The van der Waals surface area contributed by atoms with Crippen LogP contribution >= 0.6 is 0 Å². The highest BCUT2D eigenvalue weighted by molar-refractivity contribution is 6.02. The Morgan fingerprint density at radius 1 is 1.24 bits per heavy atom. The van der Waals surface area contributed by atoms with Gasteiger partial charge in [0.25, 0.3) is 0 Å². The van der Waals surface area contributed by atoms with E-state index in [-0.39, 0.29) is 18.0 Å². The van der Waals surface area contributed by atoms with Gasteiger partial charge in [-0.1, -0.05) is 13.0 Å². The van der Waals surface area contributed by atoms with Crippen LogP contribution < -0.4 is 10.6 Å². The second-order valence-electron chi connectivity index (χ2n) is 4.58. The van der Waals surface area contributed by atoms with E-state index in [0.29, 0.717) is 23.3 Å². The molecular formula is C15H17N3O3. The van der Waals surface area contributed by atoms with Crippen LogP contribution in [0.3, 0.4) is 0 Å². The number of aromatic carboxylic acids is 1. The number of nitrogens with zero attached hydrogens (tertiary/aromatic N) is 1. The number of hydrogen-bond donors (Lipinski definition) is 3. The van der Waals surface area contributed by atoms with E-state index < -0.39 is 5.97 Å². The summed E-state index contributed by atoms with van der Waals surface area (Å²) < 4.78 is 0. The van der Waals surface area contributed by atoms with Gasteiger partial charge in [0.1, 0.15) is 5.82 Å². The lowest BCUT2D eigenvalue weighted by atomic mass is 10.1. The number of nitrogens with one attached hydrogen (secondary N) is 2. The molecule has 6 nitrogen and oxygen atoms in total. The molecule has 110 valence electrons. The minimum Gasteiger partial charge on any atom is -0.478 e. The molecule has 0 saturated heterocycles. The van der Waals surface area contributed by atoms with Crippen molar-refractivity contribution in [1.29, 1.82) is 0 Å². The quantitative estimate of drug-likeness (QED) is 0.754. The Labute approximate surface area is 122 Å². The van der Waals surface area contributed by atoms with Gasteiger partial charge in [-0.3, -0.25) is 4.79 Å². The summed E-state index contributed by atoms with van der Waals surface area (Å²) in [4.78, 5) is 26.9. The minimum atomic E-state index is -0.984. The highest BCUT2D eigenvalue weighted by Gasteiger charge is 2.09. The Bertz CT molecular complexity index is 670. The van der Waals surface area contributed by atoms with E-state index in [1.54, 1.807) is 24.3 Å². The average Bonchev–Trinajstić information content (AvgIpc) is 2.49. The number of anilines is 1. The first-order valence-electron chi connectivity index (χ1n) is 6.75. The molecule has 2 aromatic rings. The number of pyridine rings is 1. The van der Waals surface area contributed by atoms with Crippen LogP contribution in [0.2, 0.25) is 0 Å². The molecule has 3 N–H and O–H groups in total. The third-order valence-corrected chi connectivity index (χ3v) is 2.96. The van der Waals surface area contributed by atoms with Crippen LogP contribution in [0.5, 0.6) is 0 Å². The van der Waals surface area contributed by atoms with Crippen molar-refractivity contribution in [3.63, 3.8) is 0 Å². The van der Waals surface area contributed by atoms with Gasteiger partial charge in [-0.15, -0.1) is 0 Å². The zero-order valence-corrected chi connectivity index (χ0v) is 11.7. The largest absolute Gasteiger partial charge is 0.478 e. The summed E-state index contributed by atoms with van der Waals surface area (Å²) in [6, 6.07) is 8.29. The summed E-state index contributed by atoms with van der Waals surface area (Å²) >= 11 is 0. The van der Waals surface area contributed by atoms with Gasteiger partial charge < -0.3 is 15.7 Å². The van der Waals surface area contributed by atoms with Crippen molar-refractivity contribution in [3.8, 4) is 0 Å². The predicted molar refractivity (Wildman–Crippen MR) is 80.5 cm³/mol. The first-order chi connectivity index (χ1) is 10.1. The lowest BCUT2D eigenvalue weighted by Gasteiger charge is -2.08. The molecule has 0 atom stereocenters. The smallest absolute Gasteiger partial charge is 0.336 e. The van der Waals surface area contributed by atoms with Crippen LogP contribution in [-0.4, -0.2) is 35.1 Å². The monoisotopic (exact) mass is 287 g/mol. The van der Waals surface area contributed by atoms with E-state index in [1.807, 2.05) is 6.92 Å². The summed E-state index contributed by atoms with van der Waals surface area (Å²) in [5.74, 6) is -0.545. The van der Waals surface area contributed by atoms with Gasteiger partial charge in [0.2, 0.25) is 5.91 Å². The molecule has 0 aliphatic heterocycles. The molecule has 1 heterocycles. The van der Waals surface area contributed by atoms with Gasteiger partial charge in [-0.25, -0.2) is 9.78 Å². The SMILES string of the molecule is CCCNC(=O)CNc1ccc2c(C(=O)O)cccc2n1. The highest BCUT2D eigenvalue weighted by atomic mass is 16.4. The third kappa shape index (κ3) is 3.68. The second-order valence-corrected chi connectivity index (χ2v) is 4.58. The number of carboxylic acids is 1.